The molecule has 2 aromatic heterocycles. The number of aromatic nitrogens is 1. The van der Waals surface area contributed by atoms with Gasteiger partial charge in [0.25, 0.3) is 0 Å². The van der Waals surface area contributed by atoms with Crippen molar-refractivity contribution < 1.29 is 4.79 Å². The molecule has 3 aromatic rings. The number of fused-ring (bicyclic) bond motifs is 1. The molecule has 0 spiro atoms. The Morgan fingerprint density at radius 3 is 2.81 bits per heavy atom. The van der Waals surface area contributed by atoms with Crippen molar-refractivity contribution in [3.05, 3.63) is 63.5 Å². The molecule has 3 nitrogen and oxygen atoms in total. The van der Waals surface area contributed by atoms with Crippen LogP contribution in [-0.2, 0) is 0 Å². The van der Waals surface area contributed by atoms with Gasteiger partial charge in [0.1, 0.15) is 11.6 Å². The molecule has 0 radical (unpaired) electrons. The number of ketones is 1. The van der Waals surface area contributed by atoms with E-state index in [4.69, 9.17) is 0 Å². The van der Waals surface area contributed by atoms with Crippen LogP contribution in [0, 0.1) is 18.3 Å². The van der Waals surface area contributed by atoms with Crippen LogP contribution in [0.2, 0.25) is 0 Å². The van der Waals surface area contributed by atoms with Crippen LogP contribution in [-0.4, -0.2) is 10.8 Å². The zero-order valence-corrected chi connectivity index (χ0v) is 12.2. The van der Waals surface area contributed by atoms with Crippen LogP contribution < -0.4 is 0 Å². The van der Waals surface area contributed by atoms with Crippen LogP contribution in [0.3, 0.4) is 0 Å². The van der Waals surface area contributed by atoms with Gasteiger partial charge in [-0.15, -0.1) is 11.3 Å². The first kappa shape index (κ1) is 13.3. The SMILES string of the molecule is Cc1[nH]c2ccccc2c1C(=O)C(C#N)=Cc1cccs1. The van der Waals surface area contributed by atoms with Gasteiger partial charge in [-0.05, 0) is 30.5 Å². The molecule has 1 N–H and O–H groups in total. The molecule has 3 rings (SSSR count). The molecular weight excluding hydrogens is 280 g/mol. The lowest BCUT2D eigenvalue weighted by atomic mass is 10.0. The molecule has 0 saturated heterocycles. The first-order valence-electron chi connectivity index (χ1n) is 6.48. The molecule has 0 fully saturated rings. The van der Waals surface area contributed by atoms with Crippen LogP contribution in [0.15, 0.2) is 47.4 Å². The van der Waals surface area contributed by atoms with Crippen molar-refractivity contribution in [2.75, 3.05) is 0 Å². The van der Waals surface area contributed by atoms with Gasteiger partial charge in [0, 0.05) is 21.5 Å². The van der Waals surface area contributed by atoms with Crippen molar-refractivity contribution in [3.63, 3.8) is 0 Å². The number of hydrogen-bond donors (Lipinski definition) is 1. The van der Waals surface area contributed by atoms with E-state index in [1.54, 1.807) is 6.08 Å². The second-order valence-corrected chi connectivity index (χ2v) is 5.66. The summed E-state index contributed by atoms with van der Waals surface area (Å²) in [5.74, 6) is -0.235. The Morgan fingerprint density at radius 1 is 1.29 bits per heavy atom. The molecule has 21 heavy (non-hydrogen) atoms. The van der Waals surface area contributed by atoms with E-state index in [-0.39, 0.29) is 11.4 Å². The van der Waals surface area contributed by atoms with Crippen LogP contribution in [0.4, 0.5) is 0 Å². The Hall–Kier alpha value is -2.64. The van der Waals surface area contributed by atoms with Gasteiger partial charge < -0.3 is 4.98 Å². The fraction of sp³-hybridized carbons (Fsp3) is 0.0588. The summed E-state index contributed by atoms with van der Waals surface area (Å²) in [6.45, 7) is 1.85. The summed E-state index contributed by atoms with van der Waals surface area (Å²) in [7, 11) is 0. The minimum Gasteiger partial charge on any atom is -0.358 e. The van der Waals surface area contributed by atoms with Gasteiger partial charge in [0.15, 0.2) is 0 Å². The Bertz CT molecular complexity index is 879. The number of thiophene rings is 1. The summed E-state index contributed by atoms with van der Waals surface area (Å²) in [6.07, 6.45) is 1.65. The number of rotatable bonds is 3. The molecule has 0 saturated carbocycles. The number of nitrogens with one attached hydrogen (secondary N) is 1. The first-order chi connectivity index (χ1) is 10.2. The molecule has 0 aliphatic carbocycles. The van der Waals surface area contributed by atoms with E-state index in [1.807, 2.05) is 54.8 Å². The lowest BCUT2D eigenvalue weighted by molar-refractivity contribution is 0.104. The van der Waals surface area contributed by atoms with Gasteiger partial charge in [-0.2, -0.15) is 5.26 Å². The van der Waals surface area contributed by atoms with Crippen molar-refractivity contribution in [1.82, 2.24) is 4.98 Å². The van der Waals surface area contributed by atoms with Gasteiger partial charge in [0.2, 0.25) is 5.78 Å². The Labute approximate surface area is 126 Å². The number of Topliss-reactive ketones (excluding diaryl/α,β-unsaturated/α-hetero) is 1. The maximum absolute atomic E-state index is 12.7. The fourth-order valence-electron chi connectivity index (χ4n) is 2.37. The summed E-state index contributed by atoms with van der Waals surface area (Å²) in [4.78, 5) is 16.8. The number of nitrogens with zero attached hydrogens (tertiary/aromatic N) is 1. The van der Waals surface area contributed by atoms with E-state index < -0.39 is 0 Å². The van der Waals surface area contributed by atoms with Gasteiger partial charge in [-0.1, -0.05) is 24.3 Å². The summed E-state index contributed by atoms with van der Waals surface area (Å²) >= 11 is 1.50. The number of carbonyl (C=O) groups excluding carboxylic acids is 1. The topological polar surface area (TPSA) is 56.6 Å². The standard InChI is InChI=1S/C17H12N2OS/c1-11-16(14-6-2-3-7-15(14)19-11)17(20)12(10-18)9-13-5-4-8-21-13/h2-9,19H,1H3. The smallest absolute Gasteiger partial charge is 0.206 e. The number of benzene rings is 1. The number of H-pyrrole nitrogens is 1. The third-order valence-electron chi connectivity index (χ3n) is 3.32. The Morgan fingerprint density at radius 2 is 2.10 bits per heavy atom. The van der Waals surface area contributed by atoms with Gasteiger partial charge in [-0.25, -0.2) is 0 Å². The molecule has 1 aromatic carbocycles. The highest BCUT2D eigenvalue weighted by Crippen LogP contribution is 2.25. The minimum atomic E-state index is -0.235. The van der Waals surface area contributed by atoms with Crippen molar-refractivity contribution >= 4 is 34.1 Å². The lowest BCUT2D eigenvalue weighted by Crippen LogP contribution is -2.03. The van der Waals surface area contributed by atoms with Crippen LogP contribution >= 0.6 is 11.3 Å². The quantitative estimate of drug-likeness (QED) is 0.444. The number of hydrogen-bond acceptors (Lipinski definition) is 3. The number of allylic oxidation sites excluding steroid dienone is 1. The first-order valence-corrected chi connectivity index (χ1v) is 7.36. The van der Waals surface area contributed by atoms with Crippen LogP contribution in [0.5, 0.6) is 0 Å². The van der Waals surface area contributed by atoms with Crippen molar-refractivity contribution in [2.24, 2.45) is 0 Å². The second kappa shape index (κ2) is 5.39. The van der Waals surface area contributed by atoms with E-state index in [2.05, 4.69) is 4.98 Å². The zero-order valence-electron chi connectivity index (χ0n) is 11.4. The second-order valence-electron chi connectivity index (χ2n) is 4.68. The van der Waals surface area contributed by atoms with Crippen LogP contribution in [0.25, 0.3) is 17.0 Å². The summed E-state index contributed by atoms with van der Waals surface area (Å²) < 4.78 is 0. The van der Waals surface area contributed by atoms with Crippen molar-refractivity contribution in [3.8, 4) is 6.07 Å². The maximum Gasteiger partial charge on any atom is 0.206 e. The molecule has 102 valence electrons. The molecular formula is C17H12N2OS. The van der Waals surface area contributed by atoms with Crippen LogP contribution in [0.1, 0.15) is 20.9 Å². The number of carbonyl (C=O) groups is 1. The summed E-state index contributed by atoms with van der Waals surface area (Å²) in [6, 6.07) is 13.4. The van der Waals surface area contributed by atoms with E-state index in [0.717, 1.165) is 21.5 Å². The van der Waals surface area contributed by atoms with Gasteiger partial charge in [-0.3, -0.25) is 4.79 Å². The molecule has 0 aliphatic rings. The molecule has 0 bridgehead atoms. The largest absolute Gasteiger partial charge is 0.358 e. The fourth-order valence-corrected chi connectivity index (χ4v) is 3.03. The Kier molecular flexibility index (Phi) is 3.43. The lowest BCUT2D eigenvalue weighted by Gasteiger charge is -1.99. The third-order valence-corrected chi connectivity index (χ3v) is 4.13. The summed E-state index contributed by atoms with van der Waals surface area (Å²) in [5.41, 5.74) is 2.43. The monoisotopic (exact) mass is 292 g/mol. The van der Waals surface area contributed by atoms with Gasteiger partial charge >= 0.3 is 0 Å². The summed E-state index contributed by atoms with van der Waals surface area (Å²) in [5, 5.41) is 12.1. The van der Waals surface area contributed by atoms with Gasteiger partial charge in [0.05, 0.1) is 5.56 Å². The molecule has 0 unspecified atom stereocenters. The number of aryl methyl sites for hydroxylation is 1. The average molecular weight is 292 g/mol. The highest BCUT2D eigenvalue weighted by molar-refractivity contribution is 7.10. The predicted molar refractivity (Wildman–Crippen MR) is 85.3 cm³/mol. The normalized spacial score (nSPS) is 11.5. The zero-order chi connectivity index (χ0) is 14.8. The highest BCUT2D eigenvalue weighted by Gasteiger charge is 2.19. The molecule has 2 heterocycles. The number of para-hydroxylation sites is 1. The van der Waals surface area contributed by atoms with Crippen molar-refractivity contribution in [1.29, 1.82) is 5.26 Å². The maximum atomic E-state index is 12.7. The van der Waals surface area contributed by atoms with E-state index >= 15 is 0 Å². The number of aromatic amines is 1. The van der Waals surface area contributed by atoms with E-state index in [0.29, 0.717) is 5.56 Å². The van der Waals surface area contributed by atoms with E-state index in [1.165, 1.54) is 11.3 Å². The molecule has 0 amide bonds. The number of nitriles is 1. The molecule has 4 heteroatoms. The third kappa shape index (κ3) is 2.39. The molecule has 0 atom stereocenters. The van der Waals surface area contributed by atoms with E-state index in [9.17, 15) is 10.1 Å². The highest BCUT2D eigenvalue weighted by atomic mass is 32.1. The molecule has 0 aliphatic heterocycles. The van der Waals surface area contributed by atoms with Crippen molar-refractivity contribution in [2.45, 2.75) is 6.92 Å². The minimum absolute atomic E-state index is 0.158. The Balaban J connectivity index is 2.12. The average Bonchev–Trinajstić information content (AvgIpc) is 3.10. The predicted octanol–water partition coefficient (Wildman–Crippen LogP) is 4.33.